The summed E-state index contributed by atoms with van der Waals surface area (Å²) in [6.07, 6.45) is 0. The number of carbonyl (C=O) groups is 1. The largest absolute Gasteiger partial charge is 0.368 e. The summed E-state index contributed by atoms with van der Waals surface area (Å²) in [4.78, 5) is 13.8. The van der Waals surface area contributed by atoms with Gasteiger partial charge >= 0.3 is 0 Å². The molecule has 0 aliphatic carbocycles. The summed E-state index contributed by atoms with van der Waals surface area (Å²) in [5.74, 6) is -0.303. The fourth-order valence-corrected chi connectivity index (χ4v) is 2.02. The first-order chi connectivity index (χ1) is 5.63. The third kappa shape index (κ3) is 1.84. The highest BCUT2D eigenvalue weighted by Gasteiger charge is 2.20. The van der Waals surface area contributed by atoms with Crippen LogP contribution in [0.2, 0.25) is 0 Å². The van der Waals surface area contributed by atoms with Crippen LogP contribution in [0.4, 0.5) is 0 Å². The van der Waals surface area contributed by atoms with E-state index in [-0.39, 0.29) is 11.9 Å². The Balaban J connectivity index is 2.88. The van der Waals surface area contributed by atoms with Crippen molar-refractivity contribution in [2.24, 2.45) is 5.73 Å². The number of rotatable bonds is 3. The molecule has 1 aromatic rings. The van der Waals surface area contributed by atoms with Crippen LogP contribution in [-0.2, 0) is 4.79 Å². The molecule has 3 nitrogen and oxygen atoms in total. The van der Waals surface area contributed by atoms with Crippen LogP contribution in [0, 0.1) is 0 Å². The lowest BCUT2D eigenvalue weighted by Gasteiger charge is -2.19. The number of hydrogen-bond donors (Lipinski definition) is 1. The average Bonchev–Trinajstić information content (AvgIpc) is 2.37. The molecule has 1 aromatic heterocycles. The first-order valence-electron chi connectivity index (χ1n) is 3.62. The van der Waals surface area contributed by atoms with Gasteiger partial charge in [0.15, 0.2) is 0 Å². The molecule has 0 aliphatic heterocycles. The molecule has 0 aliphatic rings. The lowest BCUT2D eigenvalue weighted by molar-refractivity contribution is -0.122. The van der Waals surface area contributed by atoms with E-state index in [9.17, 15) is 4.79 Å². The van der Waals surface area contributed by atoms with Gasteiger partial charge in [-0.15, -0.1) is 11.3 Å². The van der Waals surface area contributed by atoms with E-state index < -0.39 is 0 Å². The SMILES string of the molecule is CN(C)C(C(N)=O)c1cccs1. The van der Waals surface area contributed by atoms with Crippen LogP contribution >= 0.6 is 11.3 Å². The molecule has 0 spiro atoms. The van der Waals surface area contributed by atoms with E-state index in [4.69, 9.17) is 5.73 Å². The lowest BCUT2D eigenvalue weighted by atomic mass is 10.2. The first-order valence-corrected chi connectivity index (χ1v) is 4.50. The molecule has 1 rings (SSSR count). The van der Waals surface area contributed by atoms with Gasteiger partial charge in [0.05, 0.1) is 0 Å². The molecule has 12 heavy (non-hydrogen) atoms. The second kappa shape index (κ2) is 3.69. The number of primary amides is 1. The van der Waals surface area contributed by atoms with Gasteiger partial charge in [-0.3, -0.25) is 9.69 Å². The maximum Gasteiger partial charge on any atom is 0.240 e. The fraction of sp³-hybridized carbons (Fsp3) is 0.375. The molecule has 0 aromatic carbocycles. The normalized spacial score (nSPS) is 13.2. The van der Waals surface area contributed by atoms with E-state index in [0.717, 1.165) is 4.88 Å². The van der Waals surface area contributed by atoms with Crippen molar-refractivity contribution in [2.75, 3.05) is 14.1 Å². The molecule has 1 atom stereocenters. The minimum Gasteiger partial charge on any atom is -0.368 e. The van der Waals surface area contributed by atoms with Gasteiger partial charge in [0.2, 0.25) is 5.91 Å². The van der Waals surface area contributed by atoms with Crippen LogP contribution < -0.4 is 5.73 Å². The molecular weight excluding hydrogens is 172 g/mol. The second-order valence-electron chi connectivity index (χ2n) is 2.78. The monoisotopic (exact) mass is 184 g/mol. The van der Waals surface area contributed by atoms with E-state index >= 15 is 0 Å². The Kier molecular flexibility index (Phi) is 2.83. The highest BCUT2D eigenvalue weighted by molar-refractivity contribution is 7.10. The molecule has 2 N–H and O–H groups in total. The minimum absolute atomic E-state index is 0.287. The smallest absolute Gasteiger partial charge is 0.240 e. The van der Waals surface area contributed by atoms with E-state index in [1.54, 1.807) is 11.3 Å². The standard InChI is InChI=1S/C8H12N2OS/c1-10(2)7(8(9)11)6-4-3-5-12-6/h3-5,7H,1-2H3,(H2,9,11). The average molecular weight is 184 g/mol. The van der Waals surface area contributed by atoms with Gasteiger partial charge in [-0.1, -0.05) is 6.07 Å². The third-order valence-corrected chi connectivity index (χ3v) is 2.52. The van der Waals surface area contributed by atoms with Gasteiger partial charge < -0.3 is 5.73 Å². The van der Waals surface area contributed by atoms with Gasteiger partial charge in [0, 0.05) is 4.88 Å². The first kappa shape index (κ1) is 9.22. The summed E-state index contributed by atoms with van der Waals surface area (Å²) in [5.41, 5.74) is 5.25. The van der Waals surface area contributed by atoms with E-state index in [1.807, 2.05) is 36.5 Å². The summed E-state index contributed by atoms with van der Waals surface area (Å²) in [7, 11) is 3.68. The minimum atomic E-state index is -0.303. The Morgan fingerprint density at radius 3 is 2.67 bits per heavy atom. The van der Waals surface area contributed by atoms with Crippen molar-refractivity contribution in [3.05, 3.63) is 22.4 Å². The highest BCUT2D eigenvalue weighted by Crippen LogP contribution is 2.22. The summed E-state index contributed by atoms with van der Waals surface area (Å²) in [6, 6.07) is 3.55. The summed E-state index contributed by atoms with van der Waals surface area (Å²) in [6.45, 7) is 0. The Morgan fingerprint density at radius 1 is 1.67 bits per heavy atom. The summed E-state index contributed by atoms with van der Waals surface area (Å²) >= 11 is 1.55. The van der Waals surface area contributed by atoms with Crippen molar-refractivity contribution in [3.63, 3.8) is 0 Å². The zero-order chi connectivity index (χ0) is 9.14. The van der Waals surface area contributed by atoms with Gasteiger partial charge in [-0.25, -0.2) is 0 Å². The van der Waals surface area contributed by atoms with Crippen molar-refractivity contribution >= 4 is 17.2 Å². The molecule has 1 amide bonds. The van der Waals surface area contributed by atoms with E-state index in [1.165, 1.54) is 0 Å². The summed E-state index contributed by atoms with van der Waals surface area (Å²) in [5, 5.41) is 1.94. The van der Waals surface area contributed by atoms with Crippen LogP contribution in [0.3, 0.4) is 0 Å². The number of hydrogen-bond acceptors (Lipinski definition) is 3. The quantitative estimate of drug-likeness (QED) is 0.756. The lowest BCUT2D eigenvalue weighted by Crippen LogP contribution is -2.32. The maximum absolute atomic E-state index is 11.0. The number of carbonyl (C=O) groups excluding carboxylic acids is 1. The Labute approximate surface area is 75.8 Å². The molecule has 0 saturated carbocycles. The van der Waals surface area contributed by atoms with E-state index in [2.05, 4.69) is 0 Å². The van der Waals surface area contributed by atoms with Gasteiger partial charge in [0.1, 0.15) is 6.04 Å². The predicted molar refractivity (Wildman–Crippen MR) is 49.9 cm³/mol. The molecule has 1 unspecified atom stereocenters. The van der Waals surface area contributed by atoms with Crippen molar-refractivity contribution < 1.29 is 4.79 Å². The van der Waals surface area contributed by atoms with Crippen LogP contribution in [0.5, 0.6) is 0 Å². The van der Waals surface area contributed by atoms with Crippen LogP contribution in [0.1, 0.15) is 10.9 Å². The molecular formula is C8H12N2OS. The number of nitrogens with zero attached hydrogens (tertiary/aromatic N) is 1. The van der Waals surface area contributed by atoms with Crippen LogP contribution in [0.15, 0.2) is 17.5 Å². The molecule has 1 heterocycles. The van der Waals surface area contributed by atoms with Crippen molar-refractivity contribution in [1.29, 1.82) is 0 Å². The van der Waals surface area contributed by atoms with Gasteiger partial charge in [0.25, 0.3) is 0 Å². The topological polar surface area (TPSA) is 46.3 Å². The zero-order valence-electron chi connectivity index (χ0n) is 7.15. The molecule has 0 saturated heterocycles. The number of amides is 1. The molecule has 0 bridgehead atoms. The Bertz CT molecular complexity index is 256. The summed E-state index contributed by atoms with van der Waals surface area (Å²) < 4.78 is 0. The molecule has 0 fully saturated rings. The van der Waals surface area contributed by atoms with Crippen LogP contribution in [-0.4, -0.2) is 24.9 Å². The second-order valence-corrected chi connectivity index (χ2v) is 3.76. The molecule has 0 radical (unpaired) electrons. The van der Waals surface area contributed by atoms with Gasteiger partial charge in [-0.2, -0.15) is 0 Å². The van der Waals surface area contributed by atoms with E-state index in [0.29, 0.717) is 0 Å². The van der Waals surface area contributed by atoms with Crippen molar-refractivity contribution in [3.8, 4) is 0 Å². The van der Waals surface area contributed by atoms with Crippen molar-refractivity contribution in [1.82, 2.24) is 4.90 Å². The van der Waals surface area contributed by atoms with Crippen LogP contribution in [0.25, 0.3) is 0 Å². The Hall–Kier alpha value is -0.870. The Morgan fingerprint density at radius 2 is 2.33 bits per heavy atom. The fourth-order valence-electron chi connectivity index (χ4n) is 1.10. The van der Waals surface area contributed by atoms with Gasteiger partial charge in [-0.05, 0) is 25.5 Å². The third-order valence-electron chi connectivity index (χ3n) is 1.60. The number of thiophene rings is 1. The highest BCUT2D eigenvalue weighted by atomic mass is 32.1. The number of likely N-dealkylation sites (N-methyl/N-ethyl adjacent to an activating group) is 1. The molecule has 4 heteroatoms. The maximum atomic E-state index is 11.0. The van der Waals surface area contributed by atoms with Crippen molar-refractivity contribution in [2.45, 2.75) is 6.04 Å². The predicted octanol–water partition coefficient (Wildman–Crippen LogP) is 0.836. The molecule has 66 valence electrons. The number of nitrogens with two attached hydrogens (primary N) is 1. The zero-order valence-corrected chi connectivity index (χ0v) is 7.97.